The molecule has 1 fully saturated rings. The van der Waals surface area contributed by atoms with Crippen LogP contribution >= 0.6 is 11.6 Å². The lowest BCUT2D eigenvalue weighted by Gasteiger charge is -2.37. The zero-order chi connectivity index (χ0) is 23.4. The highest BCUT2D eigenvalue weighted by Crippen LogP contribution is 2.40. The molecule has 1 aliphatic rings. The molecule has 3 heterocycles. The fourth-order valence-electron chi connectivity index (χ4n) is 4.78. The predicted molar refractivity (Wildman–Crippen MR) is 131 cm³/mol. The predicted octanol–water partition coefficient (Wildman–Crippen LogP) is 4.19. The second-order valence-electron chi connectivity index (χ2n) is 8.80. The lowest BCUT2D eigenvalue weighted by atomic mass is 10.1. The third-order valence-corrected chi connectivity index (χ3v) is 6.38. The standard InChI is InChI=1S/C23H27ClFN7O/c1-12-9-32(10-13(2)26-12)15-7-16(24)19-18(8-15)31(4)29-23(19)27-17-6-14-11-30(3)28-21(14)20(25)22(17)33-5/h6-8,11-13,26H,9-10H2,1-5H3,(H,27,29)/t12-,13-/m0/s1. The molecule has 0 saturated carbocycles. The molecule has 2 aromatic carbocycles. The maximum absolute atomic E-state index is 15.1. The number of fused-ring (bicyclic) bond motifs is 2. The minimum atomic E-state index is -0.520. The first kappa shape index (κ1) is 21.8. The van der Waals surface area contributed by atoms with Crippen molar-refractivity contribution in [2.24, 2.45) is 14.1 Å². The minimum Gasteiger partial charge on any atom is -0.492 e. The minimum absolute atomic E-state index is 0.0801. The molecule has 2 atom stereocenters. The average molecular weight is 472 g/mol. The van der Waals surface area contributed by atoms with E-state index in [4.69, 9.17) is 16.3 Å². The van der Waals surface area contributed by atoms with Crippen molar-refractivity contribution in [1.82, 2.24) is 24.9 Å². The summed E-state index contributed by atoms with van der Waals surface area (Å²) < 4.78 is 23.8. The number of anilines is 3. The average Bonchev–Trinajstić information content (AvgIpc) is 3.27. The first-order valence-electron chi connectivity index (χ1n) is 10.9. The Balaban J connectivity index is 1.58. The van der Waals surface area contributed by atoms with Crippen LogP contribution in [0.3, 0.4) is 0 Å². The highest BCUT2D eigenvalue weighted by Gasteiger charge is 2.24. The number of rotatable bonds is 4. The van der Waals surface area contributed by atoms with Crippen LogP contribution in [0.4, 0.5) is 21.6 Å². The molecule has 4 aromatic rings. The zero-order valence-corrected chi connectivity index (χ0v) is 20.0. The van der Waals surface area contributed by atoms with E-state index in [0.717, 1.165) is 29.7 Å². The molecule has 8 nitrogen and oxygen atoms in total. The normalized spacial score (nSPS) is 18.9. The summed E-state index contributed by atoms with van der Waals surface area (Å²) in [6.45, 7) is 6.16. The number of methoxy groups -OCH3 is 1. The summed E-state index contributed by atoms with van der Waals surface area (Å²) >= 11 is 6.79. The van der Waals surface area contributed by atoms with Crippen molar-refractivity contribution >= 4 is 50.6 Å². The van der Waals surface area contributed by atoms with E-state index in [2.05, 4.69) is 45.6 Å². The largest absolute Gasteiger partial charge is 0.492 e. The van der Waals surface area contributed by atoms with Gasteiger partial charge in [-0.1, -0.05) is 11.6 Å². The molecule has 0 spiro atoms. The molecule has 0 aliphatic carbocycles. The third-order valence-electron chi connectivity index (χ3n) is 6.08. The Bertz CT molecular complexity index is 1350. The van der Waals surface area contributed by atoms with Crippen LogP contribution in [0.15, 0.2) is 24.4 Å². The van der Waals surface area contributed by atoms with Crippen molar-refractivity contribution in [3.8, 4) is 5.75 Å². The number of hydrogen-bond acceptors (Lipinski definition) is 6. The van der Waals surface area contributed by atoms with E-state index in [1.807, 2.05) is 13.1 Å². The van der Waals surface area contributed by atoms with E-state index in [0.29, 0.717) is 34.0 Å². The van der Waals surface area contributed by atoms with Crippen LogP contribution in [0, 0.1) is 5.82 Å². The Kier molecular flexibility index (Phi) is 5.33. The number of nitrogens with one attached hydrogen (secondary N) is 2. The van der Waals surface area contributed by atoms with Crippen LogP contribution in [0.2, 0.25) is 5.02 Å². The molecule has 1 saturated heterocycles. The molecule has 10 heteroatoms. The summed E-state index contributed by atoms with van der Waals surface area (Å²) in [5.41, 5.74) is 2.66. The van der Waals surface area contributed by atoms with E-state index in [1.165, 1.54) is 7.11 Å². The van der Waals surface area contributed by atoms with E-state index in [9.17, 15) is 0 Å². The molecule has 174 valence electrons. The summed E-state index contributed by atoms with van der Waals surface area (Å²) in [7, 11) is 5.06. The number of aryl methyl sites for hydroxylation is 2. The molecular weight excluding hydrogens is 445 g/mol. The number of ether oxygens (including phenoxy) is 1. The quantitative estimate of drug-likeness (QED) is 0.465. The number of piperazine rings is 1. The van der Waals surface area contributed by atoms with Crippen LogP contribution < -0.4 is 20.3 Å². The van der Waals surface area contributed by atoms with Gasteiger partial charge in [-0.2, -0.15) is 10.2 Å². The highest BCUT2D eigenvalue weighted by atomic mass is 35.5. The molecular formula is C23H27ClFN7O. The molecule has 0 bridgehead atoms. The Labute approximate surface area is 196 Å². The highest BCUT2D eigenvalue weighted by molar-refractivity contribution is 6.37. The fourth-order valence-corrected chi connectivity index (χ4v) is 5.08. The topological polar surface area (TPSA) is 72.2 Å². The Morgan fingerprint density at radius 1 is 1.15 bits per heavy atom. The Morgan fingerprint density at radius 3 is 2.58 bits per heavy atom. The summed E-state index contributed by atoms with van der Waals surface area (Å²) in [5.74, 6) is 0.0947. The number of benzene rings is 2. The van der Waals surface area contributed by atoms with Gasteiger partial charge in [-0.3, -0.25) is 9.36 Å². The van der Waals surface area contributed by atoms with Gasteiger partial charge >= 0.3 is 0 Å². The SMILES string of the molecule is COc1c(Nc2nn(C)c3cc(N4C[C@H](C)N[C@@H](C)C4)cc(Cl)c23)cc2cn(C)nc2c1F. The molecule has 0 unspecified atom stereocenters. The van der Waals surface area contributed by atoms with Gasteiger partial charge in [0.1, 0.15) is 5.52 Å². The summed E-state index contributed by atoms with van der Waals surface area (Å²) in [6.07, 6.45) is 1.76. The van der Waals surface area contributed by atoms with E-state index < -0.39 is 5.82 Å². The van der Waals surface area contributed by atoms with Crippen molar-refractivity contribution in [3.05, 3.63) is 35.2 Å². The van der Waals surface area contributed by atoms with Crippen molar-refractivity contribution in [2.75, 3.05) is 30.4 Å². The molecule has 33 heavy (non-hydrogen) atoms. The summed E-state index contributed by atoms with van der Waals surface area (Å²) in [6, 6.07) is 6.65. The third kappa shape index (κ3) is 3.75. The van der Waals surface area contributed by atoms with Gasteiger partial charge in [0.15, 0.2) is 17.4 Å². The van der Waals surface area contributed by atoms with Gasteiger partial charge in [-0.05, 0) is 32.0 Å². The summed E-state index contributed by atoms with van der Waals surface area (Å²) in [4.78, 5) is 2.34. The van der Waals surface area contributed by atoms with E-state index in [-0.39, 0.29) is 11.3 Å². The van der Waals surface area contributed by atoms with Crippen LogP contribution in [0.1, 0.15) is 13.8 Å². The van der Waals surface area contributed by atoms with Crippen LogP contribution in [-0.2, 0) is 14.1 Å². The fraction of sp³-hybridized carbons (Fsp3) is 0.391. The van der Waals surface area contributed by atoms with Gasteiger partial charge in [0.05, 0.1) is 28.7 Å². The van der Waals surface area contributed by atoms with E-state index >= 15 is 4.39 Å². The smallest absolute Gasteiger partial charge is 0.195 e. The number of nitrogens with zero attached hydrogens (tertiary/aromatic N) is 5. The van der Waals surface area contributed by atoms with Crippen molar-refractivity contribution in [2.45, 2.75) is 25.9 Å². The van der Waals surface area contributed by atoms with Gasteiger partial charge in [0.2, 0.25) is 0 Å². The Morgan fingerprint density at radius 2 is 1.88 bits per heavy atom. The molecule has 2 aromatic heterocycles. The van der Waals surface area contributed by atoms with Gasteiger partial charge in [-0.25, -0.2) is 4.39 Å². The maximum Gasteiger partial charge on any atom is 0.195 e. The monoisotopic (exact) mass is 471 g/mol. The number of halogens is 2. The first-order valence-corrected chi connectivity index (χ1v) is 11.3. The van der Waals surface area contributed by atoms with Crippen LogP contribution in [0.25, 0.3) is 21.8 Å². The lowest BCUT2D eigenvalue weighted by Crippen LogP contribution is -2.54. The van der Waals surface area contributed by atoms with Gasteiger partial charge in [-0.15, -0.1) is 0 Å². The van der Waals surface area contributed by atoms with Crippen LogP contribution in [-0.4, -0.2) is 51.8 Å². The van der Waals surface area contributed by atoms with E-state index in [1.54, 1.807) is 28.7 Å². The molecule has 2 N–H and O–H groups in total. The molecule has 0 radical (unpaired) electrons. The van der Waals surface area contributed by atoms with Gasteiger partial charge in [0, 0.05) is 56.5 Å². The second-order valence-corrected chi connectivity index (χ2v) is 9.21. The zero-order valence-electron chi connectivity index (χ0n) is 19.3. The van der Waals surface area contributed by atoms with Crippen molar-refractivity contribution < 1.29 is 9.13 Å². The Hall–Kier alpha value is -3.04. The van der Waals surface area contributed by atoms with Crippen molar-refractivity contribution in [1.29, 1.82) is 0 Å². The molecule has 0 amide bonds. The molecule has 1 aliphatic heterocycles. The lowest BCUT2D eigenvalue weighted by molar-refractivity contribution is 0.390. The van der Waals surface area contributed by atoms with Crippen LogP contribution in [0.5, 0.6) is 5.75 Å². The second kappa shape index (κ2) is 8.07. The van der Waals surface area contributed by atoms with Crippen molar-refractivity contribution in [3.63, 3.8) is 0 Å². The van der Waals surface area contributed by atoms with Gasteiger partial charge < -0.3 is 20.3 Å². The van der Waals surface area contributed by atoms with Gasteiger partial charge in [0.25, 0.3) is 0 Å². The maximum atomic E-state index is 15.1. The summed E-state index contributed by atoms with van der Waals surface area (Å²) in [5, 5.41) is 17.6. The first-order chi connectivity index (χ1) is 15.7. The molecule has 5 rings (SSSR count). The number of aromatic nitrogens is 4. The number of hydrogen-bond donors (Lipinski definition) is 2.